The van der Waals surface area contributed by atoms with Gasteiger partial charge in [0.2, 0.25) is 0 Å². The van der Waals surface area contributed by atoms with Crippen LogP contribution in [-0.2, 0) is 10.8 Å². The summed E-state index contributed by atoms with van der Waals surface area (Å²) in [5.41, 5.74) is 1.60. The van der Waals surface area contributed by atoms with Crippen LogP contribution in [0.5, 0.6) is 0 Å². The number of rotatable bonds is 4. The van der Waals surface area contributed by atoms with Gasteiger partial charge in [0.05, 0.1) is 16.6 Å². The second-order valence-electron chi connectivity index (χ2n) is 3.97. The number of pyridine rings is 1. The van der Waals surface area contributed by atoms with Gasteiger partial charge in [-0.15, -0.1) is 0 Å². The molecule has 1 aromatic heterocycles. The molecule has 0 N–H and O–H groups in total. The molecule has 1 heterocycles. The lowest BCUT2D eigenvalue weighted by atomic mass is 10.2. The first kappa shape index (κ1) is 12.6. The van der Waals surface area contributed by atoms with Crippen molar-refractivity contribution in [3.05, 3.63) is 59.9 Å². The second kappa shape index (κ2) is 5.69. The molecule has 1 atom stereocenters. The van der Waals surface area contributed by atoms with Crippen molar-refractivity contribution >= 4 is 16.6 Å². The van der Waals surface area contributed by atoms with Crippen molar-refractivity contribution in [1.29, 1.82) is 0 Å². The fourth-order valence-electron chi connectivity index (χ4n) is 1.50. The topological polar surface area (TPSA) is 47.0 Å². The molecule has 2 rings (SSSR count). The average Bonchev–Trinajstić information content (AvgIpc) is 2.40. The van der Waals surface area contributed by atoms with Crippen molar-refractivity contribution in [1.82, 2.24) is 4.98 Å². The van der Waals surface area contributed by atoms with Gasteiger partial charge in [0.25, 0.3) is 0 Å². The summed E-state index contributed by atoms with van der Waals surface area (Å²) in [6, 6.07) is 10.7. The molecule has 3 nitrogen and oxygen atoms in total. The third-order valence-electron chi connectivity index (χ3n) is 2.53. The van der Waals surface area contributed by atoms with Gasteiger partial charge in [-0.25, -0.2) is 0 Å². The van der Waals surface area contributed by atoms with Gasteiger partial charge < -0.3 is 0 Å². The number of ketones is 1. The molecule has 4 heteroatoms. The van der Waals surface area contributed by atoms with Crippen molar-refractivity contribution in [2.45, 2.75) is 11.8 Å². The SMILES string of the molecule is Cc1ccc([S@](=O)CC(=O)c2cccnc2)cc1. The Labute approximate surface area is 108 Å². The summed E-state index contributed by atoms with van der Waals surface area (Å²) in [5, 5.41) is 0. The highest BCUT2D eigenvalue weighted by molar-refractivity contribution is 7.85. The van der Waals surface area contributed by atoms with E-state index in [-0.39, 0.29) is 11.5 Å². The van der Waals surface area contributed by atoms with Crippen LogP contribution in [-0.4, -0.2) is 20.7 Å². The number of carbonyl (C=O) groups is 1. The number of hydrogen-bond acceptors (Lipinski definition) is 3. The highest BCUT2D eigenvalue weighted by Crippen LogP contribution is 2.10. The lowest BCUT2D eigenvalue weighted by Crippen LogP contribution is -2.11. The first-order valence-corrected chi connectivity index (χ1v) is 6.87. The number of carbonyl (C=O) groups excluding carboxylic acids is 1. The van der Waals surface area contributed by atoms with Gasteiger partial charge in [-0.05, 0) is 31.2 Å². The molecule has 0 bridgehead atoms. The van der Waals surface area contributed by atoms with Crippen molar-refractivity contribution in [2.75, 3.05) is 5.75 Å². The number of hydrogen-bond donors (Lipinski definition) is 0. The van der Waals surface area contributed by atoms with E-state index in [0.717, 1.165) is 5.56 Å². The van der Waals surface area contributed by atoms with Gasteiger partial charge in [-0.2, -0.15) is 0 Å². The van der Waals surface area contributed by atoms with Crippen LogP contribution in [0.1, 0.15) is 15.9 Å². The monoisotopic (exact) mass is 259 g/mol. The largest absolute Gasteiger partial charge is 0.293 e. The van der Waals surface area contributed by atoms with E-state index in [1.54, 1.807) is 30.5 Å². The molecule has 2 aromatic rings. The van der Waals surface area contributed by atoms with E-state index in [2.05, 4.69) is 4.98 Å². The van der Waals surface area contributed by atoms with E-state index in [0.29, 0.717) is 10.5 Å². The Balaban J connectivity index is 2.08. The molecular formula is C14H13NO2S. The van der Waals surface area contributed by atoms with Crippen LogP contribution in [0.4, 0.5) is 0 Å². The van der Waals surface area contributed by atoms with Crippen LogP contribution in [0.2, 0.25) is 0 Å². The minimum absolute atomic E-state index is 0.00520. The van der Waals surface area contributed by atoms with Crippen LogP contribution < -0.4 is 0 Å². The summed E-state index contributed by atoms with van der Waals surface area (Å²) in [7, 11) is -1.30. The molecule has 0 fully saturated rings. The molecule has 18 heavy (non-hydrogen) atoms. The number of nitrogens with zero attached hydrogens (tertiary/aromatic N) is 1. The van der Waals surface area contributed by atoms with Gasteiger partial charge in [-0.3, -0.25) is 14.0 Å². The van der Waals surface area contributed by atoms with Gasteiger partial charge in [0, 0.05) is 22.9 Å². The smallest absolute Gasteiger partial charge is 0.177 e. The fourth-order valence-corrected chi connectivity index (χ4v) is 2.51. The molecule has 1 aromatic carbocycles. The third kappa shape index (κ3) is 3.11. The Morgan fingerprint density at radius 3 is 2.56 bits per heavy atom. The van der Waals surface area contributed by atoms with Crippen molar-refractivity contribution in [2.24, 2.45) is 0 Å². The summed E-state index contributed by atoms with van der Waals surface area (Å²) < 4.78 is 12.0. The van der Waals surface area contributed by atoms with Gasteiger partial charge in [-0.1, -0.05) is 17.7 Å². The standard InChI is InChI=1S/C14H13NO2S/c1-11-4-6-13(7-5-11)18(17)10-14(16)12-3-2-8-15-9-12/h2-9H,10H2,1H3/t18-/m1/s1. The van der Waals surface area contributed by atoms with Crippen LogP contribution in [0.15, 0.2) is 53.7 Å². The summed E-state index contributed by atoms with van der Waals surface area (Å²) in [5.74, 6) is -0.156. The molecule has 0 radical (unpaired) electrons. The maximum atomic E-state index is 12.0. The van der Waals surface area contributed by atoms with E-state index in [1.807, 2.05) is 19.1 Å². The van der Waals surface area contributed by atoms with E-state index >= 15 is 0 Å². The zero-order valence-electron chi connectivity index (χ0n) is 10.00. The molecule has 0 saturated carbocycles. The molecule has 0 aliphatic rings. The number of Topliss-reactive ketones (excluding diaryl/α,β-unsaturated/α-hetero) is 1. The Hall–Kier alpha value is -1.81. The van der Waals surface area contributed by atoms with E-state index in [9.17, 15) is 9.00 Å². The predicted molar refractivity (Wildman–Crippen MR) is 71.0 cm³/mol. The fraction of sp³-hybridized carbons (Fsp3) is 0.143. The quantitative estimate of drug-likeness (QED) is 0.792. The zero-order chi connectivity index (χ0) is 13.0. The molecule has 0 aliphatic heterocycles. The van der Waals surface area contributed by atoms with Gasteiger partial charge >= 0.3 is 0 Å². The predicted octanol–water partition coefficient (Wildman–Crippen LogP) is 2.38. The Bertz CT molecular complexity index is 564. The number of aromatic nitrogens is 1. The molecule has 0 unspecified atom stereocenters. The van der Waals surface area contributed by atoms with Crippen molar-refractivity contribution < 1.29 is 9.00 Å². The lowest BCUT2D eigenvalue weighted by molar-refractivity contribution is 0.102. The molecule has 0 aliphatic carbocycles. The maximum absolute atomic E-state index is 12.0. The van der Waals surface area contributed by atoms with Gasteiger partial charge in [0.15, 0.2) is 5.78 Å². The zero-order valence-corrected chi connectivity index (χ0v) is 10.8. The molecule has 0 saturated heterocycles. The third-order valence-corrected chi connectivity index (χ3v) is 3.85. The van der Waals surface area contributed by atoms with Crippen LogP contribution >= 0.6 is 0 Å². The summed E-state index contributed by atoms with van der Waals surface area (Å²) in [6.45, 7) is 1.97. The summed E-state index contributed by atoms with van der Waals surface area (Å²) in [6.07, 6.45) is 3.10. The minimum atomic E-state index is -1.30. The Morgan fingerprint density at radius 1 is 1.22 bits per heavy atom. The first-order chi connectivity index (χ1) is 8.66. The van der Waals surface area contributed by atoms with Crippen molar-refractivity contribution in [3.63, 3.8) is 0 Å². The normalized spacial score (nSPS) is 12.1. The second-order valence-corrected chi connectivity index (χ2v) is 5.42. The highest BCUT2D eigenvalue weighted by Gasteiger charge is 2.12. The van der Waals surface area contributed by atoms with E-state index in [1.165, 1.54) is 6.20 Å². The Morgan fingerprint density at radius 2 is 1.94 bits per heavy atom. The Kier molecular flexibility index (Phi) is 3.99. The van der Waals surface area contributed by atoms with Crippen LogP contribution in [0, 0.1) is 6.92 Å². The number of aryl methyl sites for hydroxylation is 1. The van der Waals surface area contributed by atoms with Crippen LogP contribution in [0.3, 0.4) is 0 Å². The molecule has 0 spiro atoms. The maximum Gasteiger partial charge on any atom is 0.177 e. The molecular weight excluding hydrogens is 246 g/mol. The minimum Gasteiger partial charge on any atom is -0.293 e. The van der Waals surface area contributed by atoms with E-state index in [4.69, 9.17) is 0 Å². The summed E-state index contributed by atoms with van der Waals surface area (Å²) in [4.78, 5) is 16.4. The highest BCUT2D eigenvalue weighted by atomic mass is 32.2. The lowest BCUT2D eigenvalue weighted by Gasteiger charge is -2.02. The first-order valence-electron chi connectivity index (χ1n) is 5.55. The van der Waals surface area contributed by atoms with Crippen LogP contribution in [0.25, 0.3) is 0 Å². The molecule has 0 amide bonds. The average molecular weight is 259 g/mol. The summed E-state index contributed by atoms with van der Waals surface area (Å²) >= 11 is 0. The van der Waals surface area contributed by atoms with Gasteiger partial charge in [0.1, 0.15) is 0 Å². The molecule has 92 valence electrons. The number of benzene rings is 1. The van der Waals surface area contributed by atoms with Crippen molar-refractivity contribution in [3.8, 4) is 0 Å². The van der Waals surface area contributed by atoms with E-state index < -0.39 is 10.8 Å².